The van der Waals surface area contributed by atoms with Gasteiger partial charge in [-0.15, -0.1) is 0 Å². The van der Waals surface area contributed by atoms with Crippen LogP contribution in [0.4, 0.5) is 5.69 Å². The fraction of sp³-hybridized carbons (Fsp3) is 0.294. The lowest BCUT2D eigenvalue weighted by Gasteiger charge is -2.20. The van der Waals surface area contributed by atoms with Crippen molar-refractivity contribution in [3.8, 4) is 0 Å². The molecule has 2 heteroatoms. The predicted molar refractivity (Wildman–Crippen MR) is 80.0 cm³/mol. The smallest absolute Gasteiger partial charge is 0.0359 e. The van der Waals surface area contributed by atoms with Crippen LogP contribution in [0.2, 0.25) is 0 Å². The molecule has 0 unspecified atom stereocenters. The van der Waals surface area contributed by atoms with E-state index in [1.807, 2.05) is 12.1 Å². The van der Waals surface area contributed by atoms with Crippen LogP contribution in [-0.2, 0) is 19.4 Å². The molecule has 0 fully saturated rings. The summed E-state index contributed by atoms with van der Waals surface area (Å²) in [6.07, 6.45) is 2.28. The molecule has 1 aliphatic rings. The highest BCUT2D eigenvalue weighted by Gasteiger charge is 2.14. The normalized spacial score (nSPS) is 15.8. The van der Waals surface area contributed by atoms with E-state index in [-0.39, 0.29) is 0 Å². The quantitative estimate of drug-likeness (QED) is 0.833. The first-order valence-electron chi connectivity index (χ1n) is 6.95. The molecule has 0 spiro atoms. The second-order valence-corrected chi connectivity index (χ2v) is 5.24. The van der Waals surface area contributed by atoms with Gasteiger partial charge >= 0.3 is 0 Å². The Hall–Kier alpha value is -1.80. The number of benzene rings is 2. The monoisotopic (exact) mass is 252 g/mol. The molecule has 2 nitrogen and oxygen atoms in total. The Bertz CT molecular complexity index is 536. The fourth-order valence-corrected chi connectivity index (χ4v) is 2.79. The van der Waals surface area contributed by atoms with Gasteiger partial charge in [0.15, 0.2) is 0 Å². The first-order chi connectivity index (χ1) is 9.33. The molecule has 2 aromatic carbocycles. The Labute approximate surface area is 114 Å². The Morgan fingerprint density at radius 3 is 2.05 bits per heavy atom. The van der Waals surface area contributed by atoms with E-state index < -0.39 is 0 Å². The maximum absolute atomic E-state index is 6.03. The highest BCUT2D eigenvalue weighted by molar-refractivity contribution is 5.46. The fourth-order valence-electron chi connectivity index (χ4n) is 2.79. The zero-order valence-electron chi connectivity index (χ0n) is 11.2. The number of hydrogen-bond donors (Lipinski definition) is 1. The Kier molecular flexibility index (Phi) is 3.51. The topological polar surface area (TPSA) is 29.3 Å². The second kappa shape index (κ2) is 5.45. The van der Waals surface area contributed by atoms with Crippen molar-refractivity contribution in [2.75, 3.05) is 18.8 Å². The largest absolute Gasteiger partial charge is 0.398 e. The van der Waals surface area contributed by atoms with Crippen molar-refractivity contribution in [3.63, 3.8) is 0 Å². The number of hydrogen-bond acceptors (Lipinski definition) is 2. The highest BCUT2D eigenvalue weighted by atomic mass is 15.1. The summed E-state index contributed by atoms with van der Waals surface area (Å²) in [6.45, 7) is 3.19. The maximum Gasteiger partial charge on any atom is 0.0359 e. The Morgan fingerprint density at radius 2 is 1.42 bits per heavy atom. The molecule has 0 saturated carbocycles. The molecule has 0 aliphatic carbocycles. The van der Waals surface area contributed by atoms with Gasteiger partial charge in [0.1, 0.15) is 0 Å². The molecule has 1 aliphatic heterocycles. The van der Waals surface area contributed by atoms with Crippen LogP contribution in [0.5, 0.6) is 0 Å². The van der Waals surface area contributed by atoms with E-state index in [1.54, 1.807) is 0 Å². The lowest BCUT2D eigenvalue weighted by Crippen LogP contribution is -2.26. The van der Waals surface area contributed by atoms with Gasteiger partial charge in [0.05, 0.1) is 0 Å². The summed E-state index contributed by atoms with van der Waals surface area (Å²) in [5, 5.41) is 0. The van der Waals surface area contributed by atoms with Crippen molar-refractivity contribution in [2.45, 2.75) is 19.4 Å². The summed E-state index contributed by atoms with van der Waals surface area (Å²) < 4.78 is 0. The minimum Gasteiger partial charge on any atom is -0.398 e. The van der Waals surface area contributed by atoms with Gasteiger partial charge in [0.2, 0.25) is 0 Å². The molecule has 2 N–H and O–H groups in total. The van der Waals surface area contributed by atoms with E-state index in [0.29, 0.717) is 0 Å². The number of anilines is 1. The molecule has 98 valence electrons. The Morgan fingerprint density at radius 1 is 0.842 bits per heavy atom. The molecule has 0 radical (unpaired) electrons. The van der Waals surface area contributed by atoms with Gasteiger partial charge < -0.3 is 5.73 Å². The van der Waals surface area contributed by atoms with Crippen molar-refractivity contribution < 1.29 is 0 Å². The molecule has 0 saturated heterocycles. The van der Waals surface area contributed by atoms with E-state index in [0.717, 1.165) is 38.2 Å². The molecular weight excluding hydrogens is 232 g/mol. The van der Waals surface area contributed by atoms with Gasteiger partial charge in [-0.2, -0.15) is 0 Å². The van der Waals surface area contributed by atoms with Crippen LogP contribution in [0.25, 0.3) is 0 Å². The molecule has 0 bridgehead atoms. The van der Waals surface area contributed by atoms with Crippen molar-refractivity contribution in [1.29, 1.82) is 0 Å². The van der Waals surface area contributed by atoms with E-state index in [9.17, 15) is 0 Å². The average Bonchev–Trinajstić information content (AvgIpc) is 2.64. The summed E-state index contributed by atoms with van der Waals surface area (Å²) >= 11 is 0. The number of nitrogen functional groups attached to an aromatic ring is 1. The zero-order chi connectivity index (χ0) is 13.1. The molecule has 3 rings (SSSR count). The lowest BCUT2D eigenvalue weighted by atomic mass is 10.0. The third kappa shape index (κ3) is 2.79. The van der Waals surface area contributed by atoms with Crippen molar-refractivity contribution in [1.82, 2.24) is 4.90 Å². The molecule has 0 aromatic heterocycles. The first kappa shape index (κ1) is 12.2. The summed E-state index contributed by atoms with van der Waals surface area (Å²) in [4.78, 5) is 2.51. The summed E-state index contributed by atoms with van der Waals surface area (Å²) in [5.74, 6) is 0. The highest BCUT2D eigenvalue weighted by Crippen LogP contribution is 2.19. The Balaban J connectivity index is 1.71. The molecule has 19 heavy (non-hydrogen) atoms. The van der Waals surface area contributed by atoms with Crippen molar-refractivity contribution >= 4 is 5.69 Å². The van der Waals surface area contributed by atoms with Crippen LogP contribution in [0, 0.1) is 0 Å². The van der Waals surface area contributed by atoms with Gasteiger partial charge in [-0.1, -0.05) is 42.5 Å². The summed E-state index contributed by atoms with van der Waals surface area (Å²) in [6, 6.07) is 17.0. The second-order valence-electron chi connectivity index (χ2n) is 5.24. The standard InChI is InChI=1S/C17H20N2/c18-17-8-4-3-7-16(17)13-19-11-9-14-5-1-2-6-15(14)10-12-19/h1-8H,9-13,18H2. The molecule has 0 atom stereocenters. The minimum atomic E-state index is 0.907. The third-order valence-corrected chi connectivity index (χ3v) is 3.96. The van der Waals surface area contributed by atoms with Gasteiger partial charge in [-0.3, -0.25) is 4.90 Å². The van der Waals surface area contributed by atoms with Crippen LogP contribution >= 0.6 is 0 Å². The van der Waals surface area contributed by atoms with E-state index in [4.69, 9.17) is 5.73 Å². The minimum absolute atomic E-state index is 0.907. The average molecular weight is 252 g/mol. The van der Waals surface area contributed by atoms with Crippen LogP contribution in [0.3, 0.4) is 0 Å². The zero-order valence-corrected chi connectivity index (χ0v) is 11.2. The molecule has 1 heterocycles. The van der Waals surface area contributed by atoms with Crippen LogP contribution in [0.15, 0.2) is 48.5 Å². The number of fused-ring (bicyclic) bond motifs is 1. The predicted octanol–water partition coefficient (Wildman–Crippen LogP) is 2.87. The van der Waals surface area contributed by atoms with Gasteiger partial charge in [-0.05, 0) is 35.6 Å². The van der Waals surface area contributed by atoms with E-state index in [2.05, 4.69) is 41.3 Å². The summed E-state index contributed by atoms with van der Waals surface area (Å²) in [5.41, 5.74) is 11.2. The van der Waals surface area contributed by atoms with Gasteiger partial charge in [-0.25, -0.2) is 0 Å². The van der Waals surface area contributed by atoms with Crippen molar-refractivity contribution in [3.05, 3.63) is 65.2 Å². The molecular formula is C17H20N2. The lowest BCUT2D eigenvalue weighted by molar-refractivity contribution is 0.280. The number of nitrogens with zero attached hydrogens (tertiary/aromatic N) is 1. The van der Waals surface area contributed by atoms with Gasteiger partial charge in [0.25, 0.3) is 0 Å². The van der Waals surface area contributed by atoms with E-state index >= 15 is 0 Å². The van der Waals surface area contributed by atoms with Crippen LogP contribution < -0.4 is 5.73 Å². The number of rotatable bonds is 2. The van der Waals surface area contributed by atoms with Crippen LogP contribution in [0.1, 0.15) is 16.7 Å². The first-order valence-corrected chi connectivity index (χ1v) is 6.95. The summed E-state index contributed by atoms with van der Waals surface area (Å²) in [7, 11) is 0. The number of nitrogens with two attached hydrogens (primary N) is 1. The van der Waals surface area contributed by atoms with Crippen LogP contribution in [-0.4, -0.2) is 18.0 Å². The molecule has 0 amide bonds. The van der Waals surface area contributed by atoms with Crippen molar-refractivity contribution in [2.24, 2.45) is 0 Å². The number of para-hydroxylation sites is 1. The third-order valence-electron chi connectivity index (χ3n) is 3.96. The SMILES string of the molecule is Nc1ccccc1CN1CCc2ccccc2CC1. The van der Waals surface area contributed by atoms with Gasteiger partial charge in [0, 0.05) is 25.3 Å². The van der Waals surface area contributed by atoms with E-state index in [1.165, 1.54) is 16.7 Å². The maximum atomic E-state index is 6.03. The molecule has 2 aromatic rings.